The molecule has 0 aliphatic rings. The maximum Gasteiger partial charge on any atom is 0.132 e. The number of benzene rings is 1. The molecule has 1 aromatic rings. The fraction of sp³-hybridized carbons (Fsp3) is 0.538. The second-order valence-electron chi connectivity index (χ2n) is 4.46. The molecule has 0 spiro atoms. The van der Waals surface area contributed by atoms with E-state index < -0.39 is 11.9 Å². The molecule has 1 atom stereocenters. The minimum atomic E-state index is -0.834. The smallest absolute Gasteiger partial charge is 0.132 e. The van der Waals surface area contributed by atoms with Crippen LogP contribution < -0.4 is 10.1 Å². The van der Waals surface area contributed by atoms with Gasteiger partial charge in [-0.3, -0.25) is 0 Å². The van der Waals surface area contributed by atoms with Gasteiger partial charge in [0.15, 0.2) is 0 Å². The maximum atomic E-state index is 13.6. The number of halogens is 1. The first-order valence-corrected chi connectivity index (χ1v) is 5.76. The van der Waals surface area contributed by atoms with Crippen molar-refractivity contribution in [1.82, 2.24) is 5.32 Å². The SMILES string of the molecule is COc1ccc(C(O)CNCC(C)C)c(F)c1. The van der Waals surface area contributed by atoms with E-state index in [0.717, 1.165) is 6.54 Å². The van der Waals surface area contributed by atoms with Crippen LogP contribution in [0.15, 0.2) is 18.2 Å². The molecule has 0 fully saturated rings. The summed E-state index contributed by atoms with van der Waals surface area (Å²) in [5.41, 5.74) is 0.294. The zero-order valence-corrected chi connectivity index (χ0v) is 10.5. The van der Waals surface area contributed by atoms with E-state index in [4.69, 9.17) is 4.74 Å². The van der Waals surface area contributed by atoms with Crippen molar-refractivity contribution in [2.24, 2.45) is 5.92 Å². The van der Waals surface area contributed by atoms with Crippen LogP contribution in [0.1, 0.15) is 25.5 Å². The Balaban J connectivity index is 2.59. The molecule has 0 aliphatic carbocycles. The average Bonchev–Trinajstić information content (AvgIpc) is 2.28. The van der Waals surface area contributed by atoms with Crippen LogP contribution in [0.2, 0.25) is 0 Å². The Labute approximate surface area is 102 Å². The van der Waals surface area contributed by atoms with E-state index >= 15 is 0 Å². The Kier molecular flexibility index (Phi) is 5.38. The Morgan fingerprint density at radius 2 is 2.06 bits per heavy atom. The van der Waals surface area contributed by atoms with Crippen LogP contribution in [0.4, 0.5) is 4.39 Å². The molecule has 0 aliphatic heterocycles. The van der Waals surface area contributed by atoms with E-state index in [1.165, 1.54) is 13.2 Å². The molecule has 1 rings (SSSR count). The summed E-state index contributed by atoms with van der Waals surface area (Å²) in [7, 11) is 1.48. The molecule has 0 aromatic heterocycles. The lowest BCUT2D eigenvalue weighted by molar-refractivity contribution is 0.168. The highest BCUT2D eigenvalue weighted by atomic mass is 19.1. The van der Waals surface area contributed by atoms with Crippen molar-refractivity contribution in [2.75, 3.05) is 20.2 Å². The highest BCUT2D eigenvalue weighted by Crippen LogP contribution is 2.21. The van der Waals surface area contributed by atoms with Crippen molar-refractivity contribution < 1.29 is 14.2 Å². The van der Waals surface area contributed by atoms with Gasteiger partial charge in [-0.2, -0.15) is 0 Å². The van der Waals surface area contributed by atoms with Crippen molar-refractivity contribution in [2.45, 2.75) is 20.0 Å². The highest BCUT2D eigenvalue weighted by molar-refractivity contribution is 5.30. The van der Waals surface area contributed by atoms with E-state index in [9.17, 15) is 9.50 Å². The normalized spacial score (nSPS) is 12.8. The molecule has 17 heavy (non-hydrogen) atoms. The van der Waals surface area contributed by atoms with Gasteiger partial charge >= 0.3 is 0 Å². The number of nitrogens with one attached hydrogen (secondary N) is 1. The molecule has 4 heteroatoms. The lowest BCUT2D eigenvalue weighted by Crippen LogP contribution is -2.25. The molecule has 0 bridgehead atoms. The monoisotopic (exact) mass is 241 g/mol. The van der Waals surface area contributed by atoms with Crippen molar-refractivity contribution in [3.8, 4) is 5.75 Å². The number of hydrogen-bond acceptors (Lipinski definition) is 3. The van der Waals surface area contributed by atoms with E-state index in [0.29, 0.717) is 23.8 Å². The van der Waals surface area contributed by atoms with Gasteiger partial charge in [-0.25, -0.2) is 4.39 Å². The van der Waals surface area contributed by atoms with Crippen molar-refractivity contribution in [1.29, 1.82) is 0 Å². The van der Waals surface area contributed by atoms with Gasteiger partial charge in [0.05, 0.1) is 13.2 Å². The average molecular weight is 241 g/mol. The lowest BCUT2D eigenvalue weighted by Gasteiger charge is -2.14. The molecule has 2 N–H and O–H groups in total. The number of rotatable bonds is 6. The third-order valence-electron chi connectivity index (χ3n) is 2.46. The summed E-state index contributed by atoms with van der Waals surface area (Å²) in [5.74, 6) is 0.514. The Morgan fingerprint density at radius 3 is 2.59 bits per heavy atom. The van der Waals surface area contributed by atoms with Gasteiger partial charge < -0.3 is 15.2 Å². The standard InChI is InChI=1S/C13H20FNO2/c1-9(2)7-15-8-13(16)11-5-4-10(17-3)6-12(11)14/h4-6,9,13,15-16H,7-8H2,1-3H3. The summed E-state index contributed by atoms with van der Waals surface area (Å²) in [4.78, 5) is 0. The van der Waals surface area contributed by atoms with Crippen LogP contribution in [-0.4, -0.2) is 25.3 Å². The first-order valence-electron chi connectivity index (χ1n) is 5.76. The van der Waals surface area contributed by atoms with Crippen molar-refractivity contribution >= 4 is 0 Å². The molecule has 0 saturated heterocycles. The van der Waals surface area contributed by atoms with Crippen LogP contribution in [-0.2, 0) is 0 Å². The van der Waals surface area contributed by atoms with Crippen LogP contribution in [0, 0.1) is 11.7 Å². The van der Waals surface area contributed by atoms with E-state index in [1.54, 1.807) is 12.1 Å². The number of ether oxygens (including phenoxy) is 1. The van der Waals surface area contributed by atoms with E-state index in [-0.39, 0.29) is 0 Å². The predicted octanol–water partition coefficient (Wildman–Crippen LogP) is 2.11. The largest absolute Gasteiger partial charge is 0.497 e. The number of hydrogen-bond donors (Lipinski definition) is 2. The zero-order chi connectivity index (χ0) is 12.8. The van der Waals surface area contributed by atoms with Crippen LogP contribution in [0.3, 0.4) is 0 Å². The summed E-state index contributed by atoms with van der Waals surface area (Å²) in [6, 6.07) is 4.47. The van der Waals surface area contributed by atoms with Gasteiger partial charge in [-0.15, -0.1) is 0 Å². The molecule has 1 aromatic carbocycles. The zero-order valence-electron chi connectivity index (χ0n) is 10.5. The molecule has 3 nitrogen and oxygen atoms in total. The van der Waals surface area contributed by atoms with Gasteiger partial charge in [-0.1, -0.05) is 13.8 Å². The van der Waals surface area contributed by atoms with Crippen LogP contribution in [0.25, 0.3) is 0 Å². The molecule has 0 radical (unpaired) electrons. The molecule has 0 heterocycles. The summed E-state index contributed by atoms with van der Waals surface area (Å²) in [6.45, 7) is 5.30. The summed E-state index contributed by atoms with van der Waals surface area (Å²) in [6.07, 6.45) is -0.834. The van der Waals surface area contributed by atoms with Gasteiger partial charge in [0, 0.05) is 18.2 Å². The van der Waals surface area contributed by atoms with E-state index in [2.05, 4.69) is 19.2 Å². The fourth-order valence-corrected chi connectivity index (χ4v) is 1.52. The van der Waals surface area contributed by atoms with Gasteiger partial charge in [-0.05, 0) is 24.6 Å². The topological polar surface area (TPSA) is 41.5 Å². The summed E-state index contributed by atoms with van der Waals surface area (Å²) in [5, 5.41) is 12.9. The predicted molar refractivity (Wildman–Crippen MR) is 65.6 cm³/mol. The molecule has 96 valence electrons. The minimum Gasteiger partial charge on any atom is -0.497 e. The second kappa shape index (κ2) is 6.57. The number of aliphatic hydroxyl groups is 1. The van der Waals surface area contributed by atoms with Gasteiger partial charge in [0.25, 0.3) is 0 Å². The summed E-state index contributed by atoms with van der Waals surface area (Å²) >= 11 is 0. The van der Waals surface area contributed by atoms with Gasteiger partial charge in [0.2, 0.25) is 0 Å². The van der Waals surface area contributed by atoms with Crippen LogP contribution >= 0.6 is 0 Å². The Morgan fingerprint density at radius 1 is 1.35 bits per heavy atom. The second-order valence-corrected chi connectivity index (χ2v) is 4.46. The van der Waals surface area contributed by atoms with Gasteiger partial charge in [0.1, 0.15) is 11.6 Å². The number of aliphatic hydroxyl groups excluding tert-OH is 1. The first kappa shape index (κ1) is 13.9. The molecule has 0 amide bonds. The minimum absolute atomic E-state index is 0.294. The molecule has 0 saturated carbocycles. The maximum absolute atomic E-state index is 13.6. The van der Waals surface area contributed by atoms with Crippen molar-refractivity contribution in [3.05, 3.63) is 29.6 Å². The first-order chi connectivity index (χ1) is 8.04. The van der Waals surface area contributed by atoms with Crippen LogP contribution in [0.5, 0.6) is 5.75 Å². The molecule has 1 unspecified atom stereocenters. The Hall–Kier alpha value is -1.13. The third-order valence-corrected chi connectivity index (χ3v) is 2.46. The molecular weight excluding hydrogens is 221 g/mol. The number of methoxy groups -OCH3 is 1. The Bertz CT molecular complexity index is 355. The highest BCUT2D eigenvalue weighted by Gasteiger charge is 2.13. The fourth-order valence-electron chi connectivity index (χ4n) is 1.52. The summed E-state index contributed by atoms with van der Waals surface area (Å²) < 4.78 is 18.5. The third kappa shape index (κ3) is 4.32. The quantitative estimate of drug-likeness (QED) is 0.801. The van der Waals surface area contributed by atoms with Crippen molar-refractivity contribution in [3.63, 3.8) is 0 Å². The van der Waals surface area contributed by atoms with E-state index in [1.807, 2.05) is 0 Å². The lowest BCUT2D eigenvalue weighted by atomic mass is 10.1. The molecular formula is C13H20FNO2.